The van der Waals surface area contributed by atoms with E-state index in [4.69, 9.17) is 4.18 Å². The molecular weight excluding hydrogens is 518 g/mol. The van der Waals surface area contributed by atoms with Crippen molar-refractivity contribution in [3.05, 3.63) is 42.5 Å². The number of fused-ring (bicyclic) bond motifs is 1. The zero-order valence-corrected chi connectivity index (χ0v) is 23.1. The van der Waals surface area contributed by atoms with E-state index in [1.807, 2.05) is 0 Å². The molecule has 2 amide bonds. The van der Waals surface area contributed by atoms with Gasteiger partial charge in [0.25, 0.3) is 0 Å². The van der Waals surface area contributed by atoms with Crippen LogP contribution in [0.2, 0.25) is 0 Å². The van der Waals surface area contributed by atoms with E-state index in [1.54, 1.807) is 42.5 Å². The number of rotatable bonds is 10. The van der Waals surface area contributed by atoms with Crippen molar-refractivity contribution in [3.8, 4) is 5.75 Å². The highest BCUT2D eigenvalue weighted by Gasteiger charge is 2.19. The van der Waals surface area contributed by atoms with E-state index >= 15 is 0 Å². The zero-order chi connectivity index (χ0) is 27.2. The van der Waals surface area contributed by atoms with Crippen molar-refractivity contribution >= 4 is 38.8 Å². The number of carbonyl (C=O) groups is 1. The summed E-state index contributed by atoms with van der Waals surface area (Å²) >= 11 is 0. The molecule has 2 fully saturated rings. The predicted octanol–water partition coefficient (Wildman–Crippen LogP) is 3.44. The molecular formula is C27H37N7O4S. The largest absolute Gasteiger partial charge is 0.382 e. The van der Waals surface area contributed by atoms with Gasteiger partial charge in [0.2, 0.25) is 5.95 Å². The molecule has 1 saturated carbocycles. The third-order valence-corrected chi connectivity index (χ3v) is 8.55. The Balaban J connectivity index is 1.12. The molecule has 0 spiro atoms. The van der Waals surface area contributed by atoms with Crippen LogP contribution in [0.3, 0.4) is 0 Å². The Labute approximate surface area is 229 Å². The van der Waals surface area contributed by atoms with Crippen molar-refractivity contribution in [3.63, 3.8) is 0 Å². The summed E-state index contributed by atoms with van der Waals surface area (Å²) in [6, 6.07) is 11.5. The number of hydrogen-bond acceptors (Lipinski definition) is 8. The lowest BCUT2D eigenvalue weighted by Crippen LogP contribution is -2.45. The summed E-state index contributed by atoms with van der Waals surface area (Å²) in [5.74, 6) is 0.422. The van der Waals surface area contributed by atoms with Gasteiger partial charge in [-0.15, -0.1) is 0 Å². The average Bonchev–Trinajstić information content (AvgIpc) is 3.57. The Hall–Kier alpha value is -3.35. The number of H-pyrrole nitrogens is 1. The maximum Gasteiger partial charge on any atom is 0.339 e. The van der Waals surface area contributed by atoms with Crippen LogP contribution in [0.4, 0.5) is 16.4 Å². The Kier molecular flexibility index (Phi) is 8.53. The van der Waals surface area contributed by atoms with Crippen LogP contribution < -0.4 is 20.1 Å². The molecule has 2 aromatic carbocycles. The van der Waals surface area contributed by atoms with Crippen molar-refractivity contribution in [1.82, 2.24) is 25.1 Å². The Morgan fingerprint density at radius 3 is 2.56 bits per heavy atom. The molecule has 1 aliphatic carbocycles. The van der Waals surface area contributed by atoms with Crippen LogP contribution in [-0.2, 0) is 10.1 Å². The maximum atomic E-state index is 12.8. The van der Waals surface area contributed by atoms with E-state index in [0.29, 0.717) is 23.6 Å². The summed E-state index contributed by atoms with van der Waals surface area (Å²) in [6.45, 7) is 5.77. The van der Waals surface area contributed by atoms with E-state index in [0.717, 1.165) is 57.7 Å². The van der Waals surface area contributed by atoms with Gasteiger partial charge in [0.15, 0.2) is 0 Å². The second-order valence-corrected chi connectivity index (χ2v) is 11.9. The molecule has 0 radical (unpaired) electrons. The minimum Gasteiger partial charge on any atom is -0.382 e. The lowest BCUT2D eigenvalue weighted by Gasteiger charge is -2.32. The average molecular weight is 556 g/mol. The minimum atomic E-state index is -4.01. The van der Waals surface area contributed by atoms with Gasteiger partial charge in [-0.2, -0.15) is 8.42 Å². The first-order chi connectivity index (χ1) is 18.8. The van der Waals surface area contributed by atoms with Gasteiger partial charge in [-0.3, -0.25) is 5.32 Å². The highest BCUT2D eigenvalue weighted by molar-refractivity contribution is 7.87. The fourth-order valence-electron chi connectivity index (χ4n) is 5.03. The number of nitrogens with zero attached hydrogens (tertiary/aromatic N) is 3. The van der Waals surface area contributed by atoms with Crippen molar-refractivity contribution in [2.75, 3.05) is 56.9 Å². The van der Waals surface area contributed by atoms with Gasteiger partial charge >= 0.3 is 16.1 Å². The molecule has 1 aliphatic heterocycles. The Morgan fingerprint density at radius 2 is 1.82 bits per heavy atom. The predicted molar refractivity (Wildman–Crippen MR) is 152 cm³/mol. The number of imidazole rings is 1. The number of aromatic amines is 1. The summed E-state index contributed by atoms with van der Waals surface area (Å²) in [5.41, 5.74) is 2.02. The number of carbonyl (C=O) groups excluding carboxylic acids is 1. The van der Waals surface area contributed by atoms with Gasteiger partial charge in [-0.25, -0.2) is 9.78 Å². The van der Waals surface area contributed by atoms with Crippen LogP contribution >= 0.6 is 0 Å². The van der Waals surface area contributed by atoms with E-state index < -0.39 is 10.1 Å². The Morgan fingerprint density at radius 1 is 1.08 bits per heavy atom. The number of benzene rings is 2. The van der Waals surface area contributed by atoms with Crippen LogP contribution in [0, 0.1) is 0 Å². The summed E-state index contributed by atoms with van der Waals surface area (Å²) in [4.78, 5) is 24.5. The molecule has 11 nitrogen and oxygen atoms in total. The topological polar surface area (TPSA) is 132 Å². The fraction of sp³-hybridized carbons (Fsp3) is 0.481. The molecule has 2 aliphatic rings. The molecule has 4 N–H and O–H groups in total. The monoisotopic (exact) mass is 555 g/mol. The van der Waals surface area contributed by atoms with Gasteiger partial charge in [0, 0.05) is 50.5 Å². The quantitative estimate of drug-likeness (QED) is 0.221. The first-order valence-electron chi connectivity index (χ1n) is 13.6. The van der Waals surface area contributed by atoms with Gasteiger partial charge in [0.05, 0.1) is 11.0 Å². The zero-order valence-electron chi connectivity index (χ0n) is 22.3. The minimum absolute atomic E-state index is 0.0795. The van der Waals surface area contributed by atoms with Gasteiger partial charge < -0.3 is 29.6 Å². The molecule has 1 saturated heterocycles. The lowest BCUT2D eigenvalue weighted by atomic mass is 10.2. The van der Waals surface area contributed by atoms with Crippen molar-refractivity contribution in [2.45, 2.75) is 43.0 Å². The van der Waals surface area contributed by atoms with Crippen LogP contribution in [0.1, 0.15) is 32.1 Å². The van der Waals surface area contributed by atoms with E-state index in [1.165, 1.54) is 12.8 Å². The van der Waals surface area contributed by atoms with Crippen LogP contribution in [0.15, 0.2) is 47.4 Å². The first-order valence-corrected chi connectivity index (χ1v) is 15.0. The Bertz CT molecular complexity index is 1360. The number of hydrogen-bond donors (Lipinski definition) is 4. The number of nitrogens with one attached hydrogen (secondary N) is 4. The molecule has 1 aromatic heterocycles. The maximum absolute atomic E-state index is 12.8. The molecule has 5 rings (SSSR count). The second kappa shape index (κ2) is 12.2. The molecule has 210 valence electrons. The number of urea groups is 1. The smallest absolute Gasteiger partial charge is 0.339 e. The van der Waals surface area contributed by atoms with Gasteiger partial charge in [0.1, 0.15) is 10.6 Å². The number of aromatic nitrogens is 2. The van der Waals surface area contributed by atoms with Gasteiger partial charge in [-0.05, 0) is 69.3 Å². The third kappa shape index (κ3) is 7.40. The number of amides is 2. The van der Waals surface area contributed by atoms with Gasteiger partial charge in [-0.1, -0.05) is 12.8 Å². The van der Waals surface area contributed by atoms with E-state index in [9.17, 15) is 13.2 Å². The van der Waals surface area contributed by atoms with Crippen LogP contribution in [0.25, 0.3) is 11.0 Å². The molecule has 12 heteroatoms. The molecule has 2 heterocycles. The summed E-state index contributed by atoms with van der Waals surface area (Å²) in [5, 5.41) is 9.00. The molecule has 3 aromatic rings. The number of piperazine rings is 1. The van der Waals surface area contributed by atoms with Crippen LogP contribution in [0.5, 0.6) is 5.75 Å². The van der Waals surface area contributed by atoms with E-state index in [2.05, 4.69) is 42.8 Å². The lowest BCUT2D eigenvalue weighted by molar-refractivity contribution is 0.153. The SMILES string of the molecule is CN1CCN(CCCNC(=O)Nc2nc3ccc(OS(=O)(=O)c4ccc(NC5CCCC5)cc4)cc3[nH]2)CC1. The molecule has 0 unspecified atom stereocenters. The normalized spacial score (nSPS) is 17.4. The standard InChI is InChI=1S/C27H37N7O4S/c1-33-15-17-34(18-16-33)14-4-13-28-27(35)32-26-30-24-12-9-22(19-25(24)31-26)38-39(36,37)23-10-7-21(8-11-23)29-20-5-2-3-6-20/h7-12,19-20,29H,2-6,13-18H2,1H3,(H3,28,30,31,32,35). The molecule has 39 heavy (non-hydrogen) atoms. The van der Waals surface area contributed by atoms with Crippen molar-refractivity contribution < 1.29 is 17.4 Å². The van der Waals surface area contributed by atoms with Crippen molar-refractivity contribution in [2.24, 2.45) is 0 Å². The summed E-state index contributed by atoms with van der Waals surface area (Å²) in [7, 11) is -1.88. The third-order valence-electron chi connectivity index (χ3n) is 7.29. The first kappa shape index (κ1) is 27.2. The molecule has 0 atom stereocenters. The molecule has 0 bridgehead atoms. The fourth-order valence-corrected chi connectivity index (χ4v) is 5.95. The van der Waals surface area contributed by atoms with Crippen molar-refractivity contribution in [1.29, 1.82) is 0 Å². The summed E-state index contributed by atoms with van der Waals surface area (Å²) < 4.78 is 31.1. The number of likely N-dealkylation sites (N-methyl/N-ethyl adjacent to an activating group) is 1. The van der Waals surface area contributed by atoms with Crippen LogP contribution in [-0.4, -0.2) is 86.6 Å². The highest BCUT2D eigenvalue weighted by atomic mass is 32.2. The number of anilines is 2. The summed E-state index contributed by atoms with van der Waals surface area (Å²) in [6.07, 6.45) is 5.59. The second-order valence-electron chi connectivity index (χ2n) is 10.3. The van der Waals surface area contributed by atoms with E-state index in [-0.39, 0.29) is 22.6 Å². The highest BCUT2D eigenvalue weighted by Crippen LogP contribution is 2.26.